The zero-order valence-corrected chi connectivity index (χ0v) is 14.3. The lowest BCUT2D eigenvalue weighted by Crippen LogP contribution is -2.25. The first-order valence-electron chi connectivity index (χ1n) is 7.75. The van der Waals surface area contributed by atoms with Gasteiger partial charge in [-0.2, -0.15) is 5.10 Å². The fourth-order valence-corrected chi connectivity index (χ4v) is 2.78. The van der Waals surface area contributed by atoms with E-state index in [1.165, 1.54) is 6.20 Å². The molecule has 3 rings (SSSR count). The molecule has 1 N–H and O–H groups in total. The lowest BCUT2D eigenvalue weighted by molar-refractivity contribution is 0.241. The topological polar surface area (TPSA) is 76.0 Å². The van der Waals surface area contributed by atoms with Crippen molar-refractivity contribution in [2.24, 2.45) is 7.05 Å². The Labute approximate surface area is 139 Å². The molecular weight excluding hydrogens is 306 g/mol. The third-order valence-corrected chi connectivity index (χ3v) is 4.30. The first-order chi connectivity index (χ1) is 11.5. The summed E-state index contributed by atoms with van der Waals surface area (Å²) in [5.74, 6) is 1.46. The predicted octanol–water partition coefficient (Wildman–Crippen LogP) is 1.86. The van der Waals surface area contributed by atoms with Crippen molar-refractivity contribution in [3.8, 4) is 5.75 Å². The van der Waals surface area contributed by atoms with Gasteiger partial charge in [0.1, 0.15) is 17.0 Å². The molecule has 0 spiro atoms. The molecule has 3 aromatic rings. The number of rotatable bonds is 5. The van der Waals surface area contributed by atoms with Crippen LogP contribution in [-0.2, 0) is 13.6 Å². The van der Waals surface area contributed by atoms with Crippen LogP contribution >= 0.6 is 0 Å². The van der Waals surface area contributed by atoms with Crippen LogP contribution in [0.1, 0.15) is 24.4 Å². The monoisotopic (exact) mass is 327 g/mol. The molecular formula is C17H21N5O2. The van der Waals surface area contributed by atoms with Crippen molar-refractivity contribution >= 4 is 11.0 Å². The van der Waals surface area contributed by atoms with Gasteiger partial charge in [0.2, 0.25) is 0 Å². The van der Waals surface area contributed by atoms with Gasteiger partial charge in [-0.15, -0.1) is 0 Å². The number of hydrogen-bond donors (Lipinski definition) is 1. The summed E-state index contributed by atoms with van der Waals surface area (Å²) in [7, 11) is 5.44. The van der Waals surface area contributed by atoms with Crippen LogP contribution in [0.2, 0.25) is 0 Å². The molecule has 7 nitrogen and oxygen atoms in total. The molecule has 2 aromatic heterocycles. The van der Waals surface area contributed by atoms with E-state index < -0.39 is 0 Å². The largest absolute Gasteiger partial charge is 0.496 e. The smallest absolute Gasteiger partial charge is 0.262 e. The van der Waals surface area contributed by atoms with E-state index in [4.69, 9.17) is 4.74 Å². The second-order valence-corrected chi connectivity index (χ2v) is 5.85. The molecule has 1 atom stereocenters. The highest BCUT2D eigenvalue weighted by molar-refractivity contribution is 5.72. The van der Waals surface area contributed by atoms with Crippen LogP contribution < -0.4 is 10.3 Å². The average Bonchev–Trinajstić information content (AvgIpc) is 2.96. The van der Waals surface area contributed by atoms with Crippen molar-refractivity contribution in [2.75, 3.05) is 14.2 Å². The quantitative estimate of drug-likeness (QED) is 0.774. The summed E-state index contributed by atoms with van der Waals surface area (Å²) < 4.78 is 7.05. The number of nitrogens with zero attached hydrogens (tertiary/aromatic N) is 4. The van der Waals surface area contributed by atoms with Crippen LogP contribution in [0.15, 0.2) is 35.3 Å². The van der Waals surface area contributed by atoms with Crippen molar-refractivity contribution in [3.05, 3.63) is 52.2 Å². The lowest BCUT2D eigenvalue weighted by atomic mass is 10.1. The SMILES string of the molecule is COc1ccccc1[C@H](C)N(C)Cc1nc2c(cnn2C)c(=O)[nH]1. The molecule has 24 heavy (non-hydrogen) atoms. The van der Waals surface area contributed by atoms with Gasteiger partial charge in [0.15, 0.2) is 5.65 Å². The van der Waals surface area contributed by atoms with E-state index in [1.807, 2.05) is 31.3 Å². The summed E-state index contributed by atoms with van der Waals surface area (Å²) in [4.78, 5) is 21.6. The third-order valence-electron chi connectivity index (χ3n) is 4.30. The molecule has 0 saturated heterocycles. The number of aromatic nitrogens is 4. The van der Waals surface area contributed by atoms with Crippen molar-refractivity contribution in [3.63, 3.8) is 0 Å². The molecule has 0 amide bonds. The van der Waals surface area contributed by atoms with E-state index in [-0.39, 0.29) is 11.6 Å². The molecule has 126 valence electrons. The minimum absolute atomic E-state index is 0.105. The average molecular weight is 327 g/mol. The van der Waals surface area contributed by atoms with E-state index in [0.717, 1.165) is 11.3 Å². The maximum Gasteiger partial charge on any atom is 0.262 e. The number of aryl methyl sites for hydroxylation is 1. The molecule has 0 aliphatic carbocycles. The highest BCUT2D eigenvalue weighted by Crippen LogP contribution is 2.28. The Morgan fingerprint density at radius 2 is 2.12 bits per heavy atom. The van der Waals surface area contributed by atoms with Gasteiger partial charge in [-0.25, -0.2) is 4.98 Å². The number of nitrogens with one attached hydrogen (secondary N) is 1. The minimum atomic E-state index is -0.165. The van der Waals surface area contributed by atoms with E-state index in [1.54, 1.807) is 18.8 Å². The molecule has 0 fully saturated rings. The van der Waals surface area contributed by atoms with Crippen molar-refractivity contribution in [2.45, 2.75) is 19.5 Å². The highest BCUT2D eigenvalue weighted by Gasteiger charge is 2.17. The Morgan fingerprint density at radius 1 is 1.38 bits per heavy atom. The first-order valence-corrected chi connectivity index (χ1v) is 7.75. The van der Waals surface area contributed by atoms with Crippen LogP contribution in [0.3, 0.4) is 0 Å². The van der Waals surface area contributed by atoms with E-state index in [9.17, 15) is 4.79 Å². The van der Waals surface area contributed by atoms with Crippen molar-refractivity contribution in [1.82, 2.24) is 24.6 Å². The fraction of sp³-hybridized carbons (Fsp3) is 0.353. The molecule has 0 aliphatic rings. The van der Waals surface area contributed by atoms with Crippen LogP contribution in [0.5, 0.6) is 5.75 Å². The number of para-hydroxylation sites is 1. The summed E-state index contributed by atoms with van der Waals surface area (Å²) in [6, 6.07) is 8.03. The predicted molar refractivity (Wildman–Crippen MR) is 92.0 cm³/mol. The van der Waals surface area contributed by atoms with Crippen LogP contribution in [0.25, 0.3) is 11.0 Å². The Kier molecular flexibility index (Phi) is 4.35. The Balaban J connectivity index is 1.87. The van der Waals surface area contributed by atoms with Crippen LogP contribution in [-0.4, -0.2) is 38.8 Å². The summed E-state index contributed by atoms with van der Waals surface area (Å²) >= 11 is 0. The Hall–Kier alpha value is -2.67. The highest BCUT2D eigenvalue weighted by atomic mass is 16.5. The van der Waals surface area contributed by atoms with Crippen molar-refractivity contribution in [1.29, 1.82) is 0 Å². The van der Waals surface area contributed by atoms with Gasteiger partial charge in [0.25, 0.3) is 5.56 Å². The zero-order valence-electron chi connectivity index (χ0n) is 14.3. The van der Waals surface area contributed by atoms with Gasteiger partial charge in [0, 0.05) is 18.7 Å². The van der Waals surface area contributed by atoms with E-state index >= 15 is 0 Å². The van der Waals surface area contributed by atoms with Gasteiger partial charge >= 0.3 is 0 Å². The molecule has 0 radical (unpaired) electrons. The number of benzene rings is 1. The maximum absolute atomic E-state index is 12.1. The fourth-order valence-electron chi connectivity index (χ4n) is 2.78. The number of methoxy groups -OCH3 is 1. The van der Waals surface area contributed by atoms with Gasteiger partial charge < -0.3 is 9.72 Å². The van der Waals surface area contributed by atoms with Gasteiger partial charge in [-0.1, -0.05) is 18.2 Å². The summed E-state index contributed by atoms with van der Waals surface area (Å²) in [6.07, 6.45) is 1.53. The normalized spacial score (nSPS) is 12.7. The first kappa shape index (κ1) is 16.2. The molecule has 0 saturated carbocycles. The molecule has 1 aromatic carbocycles. The second-order valence-electron chi connectivity index (χ2n) is 5.85. The van der Waals surface area contributed by atoms with Gasteiger partial charge in [-0.05, 0) is 20.0 Å². The molecule has 0 bridgehead atoms. The standard InChI is InChI=1S/C17H21N5O2/c1-11(12-7-5-6-8-14(12)24-4)21(2)10-15-19-16-13(17(23)20-15)9-18-22(16)3/h5-9,11H,10H2,1-4H3,(H,19,20,23)/t11-/m0/s1. The lowest BCUT2D eigenvalue weighted by Gasteiger charge is -2.25. The van der Waals surface area contributed by atoms with Gasteiger partial charge in [-0.3, -0.25) is 14.4 Å². The molecule has 0 unspecified atom stereocenters. The zero-order chi connectivity index (χ0) is 17.3. The maximum atomic E-state index is 12.1. The third kappa shape index (κ3) is 2.90. The Morgan fingerprint density at radius 3 is 2.88 bits per heavy atom. The number of aromatic amines is 1. The molecule has 7 heteroatoms. The number of ether oxygens (including phenoxy) is 1. The number of hydrogen-bond acceptors (Lipinski definition) is 5. The molecule has 0 aliphatic heterocycles. The second kappa shape index (κ2) is 6.45. The number of H-pyrrole nitrogens is 1. The minimum Gasteiger partial charge on any atom is -0.496 e. The summed E-state index contributed by atoms with van der Waals surface area (Å²) in [6.45, 7) is 2.61. The van der Waals surface area contributed by atoms with Crippen LogP contribution in [0, 0.1) is 0 Å². The van der Waals surface area contributed by atoms with Crippen molar-refractivity contribution < 1.29 is 4.74 Å². The summed E-state index contributed by atoms with van der Waals surface area (Å²) in [5, 5.41) is 4.59. The summed E-state index contributed by atoms with van der Waals surface area (Å²) in [5.41, 5.74) is 1.51. The van der Waals surface area contributed by atoms with Gasteiger partial charge in [0.05, 0.1) is 19.9 Å². The molecule has 2 heterocycles. The Bertz CT molecular complexity index is 915. The number of fused-ring (bicyclic) bond motifs is 1. The van der Waals surface area contributed by atoms with E-state index in [0.29, 0.717) is 23.4 Å². The van der Waals surface area contributed by atoms with E-state index in [2.05, 4.69) is 26.9 Å². The van der Waals surface area contributed by atoms with Crippen LogP contribution in [0.4, 0.5) is 0 Å².